The van der Waals surface area contributed by atoms with Crippen molar-refractivity contribution in [3.63, 3.8) is 0 Å². The van der Waals surface area contributed by atoms with Crippen molar-refractivity contribution in [2.45, 2.75) is 32.5 Å². The molecule has 1 aromatic rings. The van der Waals surface area contributed by atoms with Crippen molar-refractivity contribution in [3.8, 4) is 0 Å². The lowest BCUT2D eigenvalue weighted by molar-refractivity contribution is 0.144. The Labute approximate surface area is 147 Å². The maximum absolute atomic E-state index is 9.14. The van der Waals surface area contributed by atoms with Crippen LogP contribution in [0.2, 0.25) is 0 Å². The molecule has 1 N–H and O–H groups in total. The van der Waals surface area contributed by atoms with Gasteiger partial charge in [-0.25, -0.2) is 0 Å². The fourth-order valence-electron chi connectivity index (χ4n) is 2.50. The van der Waals surface area contributed by atoms with Crippen molar-refractivity contribution in [2.75, 3.05) is 62.6 Å². The van der Waals surface area contributed by atoms with Crippen molar-refractivity contribution in [1.82, 2.24) is 15.0 Å². The lowest BCUT2D eigenvalue weighted by Crippen LogP contribution is -2.35. The third-order valence-corrected chi connectivity index (χ3v) is 3.98. The highest BCUT2D eigenvalue weighted by Gasteiger charge is 2.32. The second kappa shape index (κ2) is 8.70. The molecule has 0 radical (unpaired) electrons. The van der Waals surface area contributed by atoms with Crippen LogP contribution in [0, 0.1) is 6.92 Å². The van der Waals surface area contributed by atoms with E-state index in [4.69, 9.17) is 19.3 Å². The van der Waals surface area contributed by atoms with Crippen LogP contribution in [0.15, 0.2) is 0 Å². The van der Waals surface area contributed by atoms with Crippen molar-refractivity contribution in [3.05, 3.63) is 5.82 Å². The molecule has 0 spiro atoms. The van der Waals surface area contributed by atoms with E-state index in [0.717, 1.165) is 26.3 Å². The molecule has 2 fully saturated rings. The summed E-state index contributed by atoms with van der Waals surface area (Å²) in [5, 5.41) is 9.14. The Morgan fingerprint density at radius 3 is 2.20 bits per heavy atom. The zero-order valence-electron chi connectivity index (χ0n) is 14.9. The van der Waals surface area contributed by atoms with Gasteiger partial charge in [0.2, 0.25) is 11.9 Å². The summed E-state index contributed by atoms with van der Waals surface area (Å²) in [4.78, 5) is 17.7. The minimum atomic E-state index is 0.115. The highest BCUT2D eigenvalue weighted by molar-refractivity contribution is 5.39. The first-order valence-corrected chi connectivity index (χ1v) is 8.84. The quantitative estimate of drug-likeness (QED) is 0.410. The Kier molecular flexibility index (Phi) is 6.35. The SMILES string of the molecule is CCOCN(CCCO)c1nc(C)nc(N(CC2CO2)CC2CO2)n1. The normalized spacial score (nSPS) is 21.2. The monoisotopic (exact) mass is 353 g/mol. The van der Waals surface area contributed by atoms with Crippen molar-refractivity contribution in [2.24, 2.45) is 0 Å². The van der Waals surface area contributed by atoms with Gasteiger partial charge in [0, 0.05) is 32.8 Å². The van der Waals surface area contributed by atoms with Crippen LogP contribution in [-0.4, -0.2) is 85.1 Å². The van der Waals surface area contributed by atoms with Gasteiger partial charge in [-0.2, -0.15) is 15.0 Å². The summed E-state index contributed by atoms with van der Waals surface area (Å²) in [6.07, 6.45) is 1.12. The lowest BCUT2D eigenvalue weighted by atomic mass is 10.3. The number of aliphatic hydroxyl groups is 1. The van der Waals surface area contributed by atoms with Crippen molar-refractivity contribution < 1.29 is 19.3 Å². The van der Waals surface area contributed by atoms with Gasteiger partial charge in [0.15, 0.2) is 0 Å². The molecule has 2 atom stereocenters. The Morgan fingerprint density at radius 1 is 1.08 bits per heavy atom. The number of rotatable bonds is 12. The predicted octanol–water partition coefficient (Wildman–Crippen LogP) is -0.0332. The Bertz CT molecular complexity index is 531. The van der Waals surface area contributed by atoms with E-state index < -0.39 is 0 Å². The van der Waals surface area contributed by atoms with Gasteiger partial charge in [0.05, 0.1) is 25.4 Å². The van der Waals surface area contributed by atoms with Crippen LogP contribution in [0.25, 0.3) is 0 Å². The van der Waals surface area contributed by atoms with Gasteiger partial charge in [-0.05, 0) is 20.3 Å². The molecule has 0 bridgehead atoms. The topological polar surface area (TPSA) is 99.7 Å². The molecule has 2 unspecified atom stereocenters. The molecule has 9 heteroatoms. The summed E-state index contributed by atoms with van der Waals surface area (Å²) in [6, 6.07) is 0. The number of aromatic nitrogens is 3. The Hall–Kier alpha value is -1.55. The van der Waals surface area contributed by atoms with Gasteiger partial charge in [-0.3, -0.25) is 0 Å². The highest BCUT2D eigenvalue weighted by Crippen LogP contribution is 2.21. The van der Waals surface area contributed by atoms with Gasteiger partial charge in [0.1, 0.15) is 12.6 Å². The summed E-state index contributed by atoms with van der Waals surface area (Å²) in [5.41, 5.74) is 0. The Morgan fingerprint density at radius 2 is 1.68 bits per heavy atom. The molecule has 3 rings (SSSR count). The molecule has 2 aliphatic rings. The fraction of sp³-hybridized carbons (Fsp3) is 0.812. The summed E-state index contributed by atoms with van der Waals surface area (Å²) >= 11 is 0. The van der Waals surface area contributed by atoms with Gasteiger partial charge in [-0.1, -0.05) is 0 Å². The standard InChI is InChI=1S/C16H27N5O4/c1-3-23-11-20(5-4-6-22)15-17-12(2)18-16(19-15)21(7-13-9-24-13)8-14-10-25-14/h13-14,22H,3-11H2,1-2H3. The first-order chi connectivity index (χ1) is 12.2. The predicted molar refractivity (Wildman–Crippen MR) is 91.8 cm³/mol. The number of epoxide rings is 2. The molecule has 2 aliphatic heterocycles. The minimum Gasteiger partial charge on any atom is -0.396 e. The average Bonchev–Trinajstić information content (AvgIpc) is 3.50. The first kappa shape index (κ1) is 18.2. The fourth-order valence-corrected chi connectivity index (χ4v) is 2.50. The molecular weight excluding hydrogens is 326 g/mol. The second-order valence-corrected chi connectivity index (χ2v) is 6.26. The number of anilines is 2. The molecule has 0 saturated carbocycles. The number of aryl methyl sites for hydroxylation is 1. The van der Waals surface area contributed by atoms with Crippen LogP contribution in [0.5, 0.6) is 0 Å². The number of nitrogens with zero attached hydrogens (tertiary/aromatic N) is 5. The van der Waals surface area contributed by atoms with Crippen LogP contribution in [0.4, 0.5) is 11.9 Å². The molecule has 0 aliphatic carbocycles. The van der Waals surface area contributed by atoms with E-state index in [1.54, 1.807) is 0 Å². The van der Waals surface area contributed by atoms with Crippen LogP contribution in [0.3, 0.4) is 0 Å². The van der Waals surface area contributed by atoms with Crippen LogP contribution < -0.4 is 9.80 Å². The van der Waals surface area contributed by atoms with Gasteiger partial charge < -0.3 is 29.1 Å². The Balaban J connectivity index is 1.77. The molecule has 2 saturated heterocycles. The highest BCUT2D eigenvalue weighted by atomic mass is 16.6. The van der Waals surface area contributed by atoms with E-state index in [1.807, 2.05) is 18.7 Å². The third-order valence-electron chi connectivity index (χ3n) is 3.98. The summed E-state index contributed by atoms with van der Waals surface area (Å²) in [6.45, 7) is 8.61. The van der Waals surface area contributed by atoms with Crippen molar-refractivity contribution in [1.29, 1.82) is 0 Å². The van der Waals surface area contributed by atoms with E-state index >= 15 is 0 Å². The molecule has 1 aromatic heterocycles. The molecule has 0 aromatic carbocycles. The number of hydrogen-bond acceptors (Lipinski definition) is 9. The van der Waals surface area contributed by atoms with Crippen LogP contribution in [0.1, 0.15) is 19.2 Å². The summed E-state index contributed by atoms with van der Waals surface area (Å²) < 4.78 is 16.3. The maximum atomic E-state index is 9.14. The largest absolute Gasteiger partial charge is 0.396 e. The molecule has 25 heavy (non-hydrogen) atoms. The molecule has 0 amide bonds. The average molecular weight is 353 g/mol. The lowest BCUT2D eigenvalue weighted by Gasteiger charge is -2.25. The second-order valence-electron chi connectivity index (χ2n) is 6.26. The molecule has 9 nitrogen and oxygen atoms in total. The number of aliphatic hydroxyl groups excluding tert-OH is 1. The summed E-state index contributed by atoms with van der Waals surface area (Å²) in [5.74, 6) is 1.87. The summed E-state index contributed by atoms with van der Waals surface area (Å²) in [7, 11) is 0. The zero-order chi connectivity index (χ0) is 17.6. The van der Waals surface area contributed by atoms with Gasteiger partial charge in [-0.15, -0.1) is 0 Å². The third kappa shape index (κ3) is 5.74. The van der Waals surface area contributed by atoms with Gasteiger partial charge in [0.25, 0.3) is 0 Å². The van der Waals surface area contributed by atoms with Gasteiger partial charge >= 0.3 is 0 Å². The molecule has 140 valence electrons. The zero-order valence-corrected chi connectivity index (χ0v) is 14.9. The minimum absolute atomic E-state index is 0.115. The van der Waals surface area contributed by atoms with E-state index in [9.17, 15) is 0 Å². The maximum Gasteiger partial charge on any atom is 0.232 e. The molecular formula is C16H27N5O4. The number of hydrogen-bond donors (Lipinski definition) is 1. The molecule has 3 heterocycles. The smallest absolute Gasteiger partial charge is 0.232 e. The first-order valence-electron chi connectivity index (χ1n) is 8.84. The van der Waals surface area contributed by atoms with E-state index in [0.29, 0.717) is 44.0 Å². The number of ether oxygens (including phenoxy) is 3. The van der Waals surface area contributed by atoms with E-state index in [-0.39, 0.29) is 18.8 Å². The van der Waals surface area contributed by atoms with Crippen molar-refractivity contribution >= 4 is 11.9 Å². The van der Waals surface area contributed by atoms with E-state index in [2.05, 4.69) is 19.9 Å². The van der Waals surface area contributed by atoms with Crippen LogP contribution in [-0.2, 0) is 14.2 Å². The van der Waals surface area contributed by atoms with E-state index in [1.165, 1.54) is 0 Å². The van der Waals surface area contributed by atoms with Crippen LogP contribution >= 0.6 is 0 Å².